The fourth-order valence-electron chi connectivity index (χ4n) is 8.64. The molecule has 4 saturated carbocycles. The van der Waals surface area contributed by atoms with Gasteiger partial charge in [0, 0.05) is 0 Å². The summed E-state index contributed by atoms with van der Waals surface area (Å²) in [6, 6.07) is 0. The second-order valence-corrected chi connectivity index (χ2v) is 21.7. The summed E-state index contributed by atoms with van der Waals surface area (Å²) in [5.41, 5.74) is 0. The van der Waals surface area contributed by atoms with Crippen LogP contribution in [-0.2, 0) is 17.0 Å². The first-order valence-corrected chi connectivity index (χ1v) is 23.4. The van der Waals surface area contributed by atoms with Crippen molar-refractivity contribution in [3.8, 4) is 0 Å². The van der Waals surface area contributed by atoms with Crippen molar-refractivity contribution in [1.82, 2.24) is 0 Å². The summed E-state index contributed by atoms with van der Waals surface area (Å²) in [5.74, 6) is 6.24. The van der Waals surface area contributed by atoms with Gasteiger partial charge in [0.15, 0.2) is 0 Å². The maximum atomic E-state index is 2.63. The molecule has 4 rings (SSSR count). The molecule has 0 aromatic carbocycles. The molecule has 3 heteroatoms. The normalized spacial score (nSPS) is 25.0. The first-order valence-electron chi connectivity index (χ1n) is 16.7. The van der Waals surface area contributed by atoms with Crippen LogP contribution in [0, 0.1) is 35.5 Å². The van der Waals surface area contributed by atoms with Gasteiger partial charge in [-0.15, -0.1) is 0 Å². The predicted molar refractivity (Wildman–Crippen MR) is 167 cm³/mol. The number of hydrogen-bond donors (Lipinski definition) is 0. The molecule has 0 aromatic heterocycles. The monoisotopic (exact) mass is 636 g/mol. The van der Waals surface area contributed by atoms with Crippen LogP contribution >= 0.6 is 13.5 Å². The SMILES string of the molecule is C(=CCC(C1CCCCC1)C1CCCCC1)C[PH][Pd][PH]CC=CCC(C1CCCCC1)C1CCCCC1. The Hall–Kier alpha value is 1.00. The quantitative estimate of drug-likeness (QED) is 0.0770. The molecule has 0 spiro atoms. The second kappa shape index (κ2) is 19.2. The van der Waals surface area contributed by atoms with E-state index in [1.807, 2.05) is 0 Å². The van der Waals surface area contributed by atoms with Crippen LogP contribution in [0.5, 0.6) is 0 Å². The third-order valence-electron chi connectivity index (χ3n) is 10.6. The van der Waals surface area contributed by atoms with Gasteiger partial charge in [-0.25, -0.2) is 0 Å². The van der Waals surface area contributed by atoms with Gasteiger partial charge in [0.05, 0.1) is 0 Å². The summed E-state index contributed by atoms with van der Waals surface area (Å²) < 4.78 is 0. The van der Waals surface area contributed by atoms with E-state index in [0.29, 0.717) is 0 Å². The summed E-state index contributed by atoms with van der Waals surface area (Å²) >= 11 is 1.01. The molecule has 2 unspecified atom stereocenters. The standard InChI is InChI=1S/2C17H30P.Pd/c2*18-14-8-7-13-17(15-9-3-1-4-10-15)16-11-5-2-6-12-16;/h2*7-8,15-18H,1-6,9-14H2;/q2*-1;+2. The number of rotatable bonds is 14. The fraction of sp³-hybridized carbons (Fsp3) is 0.882. The Labute approximate surface area is 242 Å². The van der Waals surface area contributed by atoms with Gasteiger partial charge in [0.2, 0.25) is 0 Å². The van der Waals surface area contributed by atoms with Gasteiger partial charge >= 0.3 is 244 Å². The molecule has 2 atom stereocenters. The van der Waals surface area contributed by atoms with Crippen molar-refractivity contribution >= 4 is 13.5 Å². The van der Waals surface area contributed by atoms with E-state index in [9.17, 15) is 0 Å². The predicted octanol–water partition coefficient (Wildman–Crippen LogP) is 11.7. The van der Waals surface area contributed by atoms with Gasteiger partial charge in [-0.05, 0) is 0 Å². The van der Waals surface area contributed by atoms with E-state index in [2.05, 4.69) is 24.3 Å². The molecule has 0 amide bonds. The van der Waals surface area contributed by atoms with Crippen LogP contribution in [0.25, 0.3) is 0 Å². The Morgan fingerprint density at radius 1 is 0.432 bits per heavy atom. The van der Waals surface area contributed by atoms with E-state index in [0.717, 1.165) is 52.5 Å². The molecule has 4 fully saturated rings. The summed E-state index contributed by atoms with van der Waals surface area (Å²) in [5, 5.41) is 0. The van der Waals surface area contributed by atoms with Gasteiger partial charge in [-0.2, -0.15) is 0 Å². The maximum absolute atomic E-state index is 2.63. The third kappa shape index (κ3) is 11.4. The van der Waals surface area contributed by atoms with Crippen molar-refractivity contribution < 1.29 is 17.0 Å². The summed E-state index contributed by atoms with van der Waals surface area (Å²) in [7, 11) is 0. The van der Waals surface area contributed by atoms with Crippen molar-refractivity contribution in [2.45, 2.75) is 141 Å². The van der Waals surface area contributed by atoms with Crippen molar-refractivity contribution in [2.24, 2.45) is 35.5 Å². The molecule has 0 aliphatic heterocycles. The van der Waals surface area contributed by atoms with Crippen LogP contribution < -0.4 is 0 Å². The van der Waals surface area contributed by atoms with Crippen LogP contribution in [0.3, 0.4) is 0 Å². The topological polar surface area (TPSA) is 0 Å². The minimum atomic E-state index is 1.01. The second-order valence-electron chi connectivity index (χ2n) is 13.0. The average Bonchev–Trinajstić information content (AvgIpc) is 2.97. The Kier molecular flexibility index (Phi) is 16.0. The van der Waals surface area contributed by atoms with Gasteiger partial charge in [-0.3, -0.25) is 0 Å². The molecule has 4 aliphatic rings. The van der Waals surface area contributed by atoms with Crippen molar-refractivity contribution in [1.29, 1.82) is 0 Å². The van der Waals surface area contributed by atoms with E-state index < -0.39 is 0 Å². The molecule has 0 N–H and O–H groups in total. The minimum absolute atomic E-state index is 1.01. The van der Waals surface area contributed by atoms with Gasteiger partial charge in [0.1, 0.15) is 0 Å². The molecular formula is C34H60P2Pd. The Bertz CT molecular complexity index is 532. The summed E-state index contributed by atoms with van der Waals surface area (Å²) in [4.78, 5) is 0. The fourth-order valence-corrected chi connectivity index (χ4v) is 15.7. The van der Waals surface area contributed by atoms with Crippen molar-refractivity contribution in [3.63, 3.8) is 0 Å². The van der Waals surface area contributed by atoms with Crippen LogP contribution in [0.4, 0.5) is 0 Å². The molecule has 37 heavy (non-hydrogen) atoms. The zero-order valence-corrected chi connectivity index (χ0v) is 27.6. The van der Waals surface area contributed by atoms with Crippen LogP contribution in [-0.4, -0.2) is 12.3 Å². The molecule has 4 aliphatic carbocycles. The van der Waals surface area contributed by atoms with E-state index in [1.165, 1.54) is 167 Å². The first kappa shape index (κ1) is 30.9. The molecule has 216 valence electrons. The molecule has 0 radical (unpaired) electrons. The summed E-state index contributed by atoms with van der Waals surface area (Å²) in [6.45, 7) is 2.41. The summed E-state index contributed by atoms with van der Waals surface area (Å²) in [6.07, 6.45) is 46.4. The van der Waals surface area contributed by atoms with E-state index in [1.54, 1.807) is 0 Å². The molecule has 0 bridgehead atoms. The molecular weight excluding hydrogens is 577 g/mol. The van der Waals surface area contributed by atoms with Crippen LogP contribution in [0.15, 0.2) is 24.3 Å². The van der Waals surface area contributed by atoms with Gasteiger partial charge in [-0.1, -0.05) is 0 Å². The zero-order chi connectivity index (χ0) is 25.4. The average molecular weight is 637 g/mol. The third-order valence-corrected chi connectivity index (χ3v) is 19.1. The molecule has 0 heterocycles. The van der Waals surface area contributed by atoms with E-state index in [-0.39, 0.29) is 0 Å². The van der Waals surface area contributed by atoms with Crippen LogP contribution in [0.2, 0.25) is 0 Å². The van der Waals surface area contributed by atoms with Crippen LogP contribution in [0.1, 0.15) is 141 Å². The number of hydrogen-bond acceptors (Lipinski definition) is 0. The molecule has 0 aromatic rings. The van der Waals surface area contributed by atoms with Gasteiger partial charge in [0.25, 0.3) is 0 Å². The zero-order valence-electron chi connectivity index (χ0n) is 24.1. The van der Waals surface area contributed by atoms with Crippen molar-refractivity contribution in [3.05, 3.63) is 24.3 Å². The Morgan fingerprint density at radius 2 is 0.730 bits per heavy atom. The van der Waals surface area contributed by atoms with E-state index in [4.69, 9.17) is 0 Å². The van der Waals surface area contributed by atoms with Gasteiger partial charge < -0.3 is 0 Å². The molecule has 0 nitrogen and oxygen atoms in total. The number of allylic oxidation sites excluding steroid dienone is 4. The Balaban J connectivity index is 1.09. The van der Waals surface area contributed by atoms with E-state index >= 15 is 0 Å². The molecule has 0 saturated heterocycles. The Morgan fingerprint density at radius 3 is 1.03 bits per heavy atom. The first-order chi connectivity index (χ1) is 18.4. The van der Waals surface area contributed by atoms with Crippen molar-refractivity contribution in [2.75, 3.05) is 12.3 Å².